The Morgan fingerprint density at radius 2 is 1.02 bits per heavy atom. The van der Waals surface area contributed by atoms with Crippen LogP contribution in [0.3, 0.4) is 0 Å². The predicted octanol–water partition coefficient (Wildman–Crippen LogP) is 12.4. The second-order valence-corrected chi connectivity index (χ2v) is 14.7. The van der Waals surface area contributed by atoms with E-state index in [0.717, 1.165) is 60.3 Å². The van der Waals surface area contributed by atoms with Crippen LogP contribution in [0, 0.1) is 0 Å². The van der Waals surface area contributed by atoms with E-state index in [1.54, 1.807) is 0 Å². The summed E-state index contributed by atoms with van der Waals surface area (Å²) in [7, 11) is 0. The molecule has 254 valence electrons. The van der Waals surface area contributed by atoms with E-state index in [-0.39, 0.29) is 5.41 Å². The summed E-state index contributed by atoms with van der Waals surface area (Å²) in [4.78, 5) is 20.6. The zero-order valence-corrected chi connectivity index (χ0v) is 29.7. The molecule has 0 saturated heterocycles. The zero-order chi connectivity index (χ0) is 36.0. The summed E-state index contributed by atoms with van der Waals surface area (Å²) in [6.45, 7) is 4.60. The van der Waals surface area contributed by atoms with Gasteiger partial charge in [0.05, 0.1) is 0 Å². The van der Waals surface area contributed by atoms with Gasteiger partial charge in [0.2, 0.25) is 5.89 Å². The van der Waals surface area contributed by atoms with E-state index >= 15 is 0 Å². The highest BCUT2D eigenvalue weighted by Gasteiger charge is 2.35. The largest absolute Gasteiger partial charge is 0.435 e. The molecule has 0 saturated carbocycles. The molecule has 0 spiro atoms. The van der Waals surface area contributed by atoms with Crippen molar-refractivity contribution in [2.75, 3.05) is 0 Å². The summed E-state index contributed by atoms with van der Waals surface area (Å²) < 4.78 is 6.53. The molecule has 0 atom stereocenters. The molecule has 0 fully saturated rings. The molecule has 2 heterocycles. The fraction of sp³-hybridized carbons (Fsp3) is 0.0612. The average molecular weight is 693 g/mol. The predicted molar refractivity (Wildman–Crippen MR) is 219 cm³/mol. The van der Waals surface area contributed by atoms with Crippen LogP contribution in [0.1, 0.15) is 25.0 Å². The maximum atomic E-state index is 6.53. The monoisotopic (exact) mass is 692 g/mol. The standard InChI is InChI=1S/C49H32N4O/c1-49(2)41-19-11-10-17-36(41)37-24-22-34(28-42(37)49)47-52-45(32-21-20-29-12-6-7-15-31(29)26-32)51-46(53-47)33-23-25-39-40(27-33)35-16-8-9-18-38(35)43-44(39)54-48(50-43)30-13-4-3-5-14-30/h3-28H,1-2H3. The molecular weight excluding hydrogens is 661 g/mol. The van der Waals surface area contributed by atoms with Crippen molar-refractivity contribution in [2.24, 2.45) is 0 Å². The minimum Gasteiger partial charge on any atom is -0.435 e. The summed E-state index contributed by atoms with van der Waals surface area (Å²) in [6.07, 6.45) is 0. The quantitative estimate of drug-likeness (QED) is 0.172. The Labute approximate surface area is 311 Å². The summed E-state index contributed by atoms with van der Waals surface area (Å²) in [6, 6.07) is 55.0. The average Bonchev–Trinajstić information content (AvgIpc) is 3.78. The van der Waals surface area contributed by atoms with Gasteiger partial charge in [-0.05, 0) is 80.2 Å². The van der Waals surface area contributed by atoms with Crippen LogP contribution in [0.5, 0.6) is 0 Å². The number of aromatic nitrogens is 4. The lowest BCUT2D eigenvalue weighted by Crippen LogP contribution is -2.15. The second-order valence-electron chi connectivity index (χ2n) is 14.7. The van der Waals surface area contributed by atoms with Crippen molar-refractivity contribution in [1.82, 2.24) is 19.9 Å². The van der Waals surface area contributed by atoms with Gasteiger partial charge >= 0.3 is 0 Å². The topological polar surface area (TPSA) is 64.7 Å². The molecule has 10 aromatic rings. The first-order valence-corrected chi connectivity index (χ1v) is 18.3. The molecule has 1 aliphatic carbocycles. The molecule has 0 N–H and O–H groups in total. The summed E-state index contributed by atoms with van der Waals surface area (Å²) >= 11 is 0. The number of hydrogen-bond acceptors (Lipinski definition) is 5. The SMILES string of the molecule is CC1(C)c2ccccc2-c2ccc(-c3nc(-c4ccc5ccccc5c4)nc(-c4ccc5c(c4)c4ccccc4c4nc(-c6ccccc6)oc54)n3)cc21. The molecule has 54 heavy (non-hydrogen) atoms. The first-order chi connectivity index (χ1) is 26.5. The van der Waals surface area contributed by atoms with Gasteiger partial charge in [0.15, 0.2) is 23.1 Å². The lowest BCUT2D eigenvalue weighted by molar-refractivity contribution is 0.623. The third kappa shape index (κ3) is 4.65. The van der Waals surface area contributed by atoms with Crippen LogP contribution in [-0.4, -0.2) is 19.9 Å². The summed E-state index contributed by atoms with van der Waals surface area (Å²) in [5, 5.41) is 6.49. The Morgan fingerprint density at radius 3 is 1.83 bits per heavy atom. The van der Waals surface area contributed by atoms with E-state index in [1.807, 2.05) is 30.3 Å². The number of nitrogens with zero attached hydrogens (tertiary/aromatic N) is 4. The number of rotatable bonds is 4. The third-order valence-corrected chi connectivity index (χ3v) is 11.1. The number of oxazole rings is 1. The molecule has 0 radical (unpaired) electrons. The minimum atomic E-state index is -0.148. The maximum absolute atomic E-state index is 6.53. The fourth-order valence-electron chi connectivity index (χ4n) is 8.35. The maximum Gasteiger partial charge on any atom is 0.227 e. The van der Waals surface area contributed by atoms with Crippen molar-refractivity contribution in [1.29, 1.82) is 0 Å². The lowest BCUT2D eigenvalue weighted by Gasteiger charge is -2.21. The number of hydrogen-bond donors (Lipinski definition) is 0. The van der Waals surface area contributed by atoms with Gasteiger partial charge in [-0.3, -0.25) is 0 Å². The van der Waals surface area contributed by atoms with Crippen LogP contribution in [0.2, 0.25) is 0 Å². The molecular formula is C49H32N4O. The molecule has 5 heteroatoms. The highest BCUT2D eigenvalue weighted by atomic mass is 16.3. The van der Waals surface area contributed by atoms with E-state index in [0.29, 0.717) is 23.4 Å². The number of benzene rings is 8. The van der Waals surface area contributed by atoms with Crippen LogP contribution in [0.25, 0.3) is 100 Å². The Hall–Kier alpha value is -6.98. The zero-order valence-electron chi connectivity index (χ0n) is 29.7. The highest BCUT2D eigenvalue weighted by molar-refractivity contribution is 6.23. The van der Waals surface area contributed by atoms with E-state index < -0.39 is 0 Å². The van der Waals surface area contributed by atoms with E-state index in [1.165, 1.54) is 27.6 Å². The van der Waals surface area contributed by atoms with Crippen molar-refractivity contribution >= 4 is 43.4 Å². The first kappa shape index (κ1) is 30.6. The van der Waals surface area contributed by atoms with Crippen LogP contribution in [-0.2, 0) is 5.41 Å². The molecule has 0 unspecified atom stereocenters. The smallest absolute Gasteiger partial charge is 0.227 e. The van der Waals surface area contributed by atoms with E-state index in [2.05, 4.69) is 141 Å². The lowest BCUT2D eigenvalue weighted by atomic mass is 9.82. The highest BCUT2D eigenvalue weighted by Crippen LogP contribution is 2.49. The second kappa shape index (κ2) is 11.5. The van der Waals surface area contributed by atoms with Crippen molar-refractivity contribution in [2.45, 2.75) is 19.3 Å². The Bertz CT molecular complexity index is 3140. The molecule has 11 rings (SSSR count). The van der Waals surface area contributed by atoms with Gasteiger partial charge in [-0.1, -0.05) is 135 Å². The minimum absolute atomic E-state index is 0.148. The number of fused-ring (bicyclic) bond motifs is 10. The van der Waals surface area contributed by atoms with E-state index in [9.17, 15) is 0 Å². The molecule has 0 amide bonds. The van der Waals surface area contributed by atoms with Crippen molar-refractivity contribution in [3.8, 4) is 56.7 Å². The fourth-order valence-corrected chi connectivity index (χ4v) is 8.35. The molecule has 8 aromatic carbocycles. The summed E-state index contributed by atoms with van der Waals surface area (Å²) in [5.41, 5.74) is 10.4. The Kier molecular flexibility index (Phi) is 6.53. The molecule has 5 nitrogen and oxygen atoms in total. The van der Waals surface area contributed by atoms with Gasteiger partial charge in [-0.15, -0.1) is 0 Å². The van der Waals surface area contributed by atoms with Crippen molar-refractivity contribution in [3.63, 3.8) is 0 Å². The normalized spacial score (nSPS) is 13.1. The molecule has 0 bridgehead atoms. The van der Waals surface area contributed by atoms with Gasteiger partial charge in [0, 0.05) is 38.4 Å². The van der Waals surface area contributed by atoms with Gasteiger partial charge in [0.25, 0.3) is 0 Å². The van der Waals surface area contributed by atoms with E-state index in [4.69, 9.17) is 24.4 Å². The Morgan fingerprint density at radius 1 is 0.407 bits per heavy atom. The Balaban J connectivity index is 1.12. The van der Waals surface area contributed by atoms with Gasteiger partial charge in [0.1, 0.15) is 5.52 Å². The van der Waals surface area contributed by atoms with Gasteiger partial charge in [-0.2, -0.15) is 0 Å². The third-order valence-electron chi connectivity index (χ3n) is 11.1. The van der Waals surface area contributed by atoms with Gasteiger partial charge < -0.3 is 4.42 Å². The van der Waals surface area contributed by atoms with Crippen LogP contribution in [0.15, 0.2) is 162 Å². The molecule has 1 aliphatic rings. The van der Waals surface area contributed by atoms with Gasteiger partial charge in [-0.25, -0.2) is 19.9 Å². The van der Waals surface area contributed by atoms with Crippen LogP contribution in [0.4, 0.5) is 0 Å². The van der Waals surface area contributed by atoms with Crippen molar-refractivity contribution in [3.05, 3.63) is 169 Å². The van der Waals surface area contributed by atoms with Crippen LogP contribution < -0.4 is 0 Å². The van der Waals surface area contributed by atoms with Crippen molar-refractivity contribution < 1.29 is 4.42 Å². The summed E-state index contributed by atoms with van der Waals surface area (Å²) in [5.74, 6) is 2.49. The molecule has 0 aliphatic heterocycles. The first-order valence-electron chi connectivity index (χ1n) is 18.3. The molecule has 2 aromatic heterocycles. The van der Waals surface area contributed by atoms with Crippen LogP contribution >= 0.6 is 0 Å².